The molecule has 1 saturated heterocycles. The molecule has 0 amide bonds. The van der Waals surface area contributed by atoms with E-state index in [9.17, 15) is 5.11 Å². The Morgan fingerprint density at radius 3 is 2.68 bits per heavy atom. The molecule has 0 bridgehead atoms. The van der Waals surface area contributed by atoms with Gasteiger partial charge in [0.05, 0.1) is 14.2 Å². The first-order chi connectivity index (χ1) is 12.1. The predicted molar refractivity (Wildman–Crippen MR) is 99.9 cm³/mol. The summed E-state index contributed by atoms with van der Waals surface area (Å²) in [6.45, 7) is 5.06. The summed E-state index contributed by atoms with van der Waals surface area (Å²) in [5, 5.41) is 10.3. The molecule has 1 fully saturated rings. The summed E-state index contributed by atoms with van der Waals surface area (Å²) >= 11 is 0. The molecule has 6 heteroatoms. The average molecular weight is 345 g/mol. The van der Waals surface area contributed by atoms with E-state index in [-0.39, 0.29) is 6.61 Å². The number of ether oxygens (including phenoxy) is 2. The lowest BCUT2D eigenvalue weighted by Gasteiger charge is -2.40. The number of hydrogen-bond acceptors (Lipinski definition) is 6. The average Bonchev–Trinajstić information content (AvgIpc) is 2.63. The van der Waals surface area contributed by atoms with Crippen LogP contribution in [0.2, 0.25) is 0 Å². The third-order valence-electron chi connectivity index (χ3n) is 5.06. The van der Waals surface area contributed by atoms with Gasteiger partial charge in [0.1, 0.15) is 22.8 Å². The molecule has 136 valence electrons. The van der Waals surface area contributed by atoms with Gasteiger partial charge in [-0.15, -0.1) is 0 Å². The molecule has 0 aliphatic carbocycles. The summed E-state index contributed by atoms with van der Waals surface area (Å²) in [5.41, 5.74) is 2.01. The quantitative estimate of drug-likeness (QED) is 0.895. The fourth-order valence-corrected chi connectivity index (χ4v) is 3.47. The Balaban J connectivity index is 2.00. The summed E-state index contributed by atoms with van der Waals surface area (Å²) in [6.07, 6.45) is 0.778. The van der Waals surface area contributed by atoms with Crippen molar-refractivity contribution in [3.63, 3.8) is 0 Å². The fourth-order valence-electron chi connectivity index (χ4n) is 3.47. The number of aliphatic hydroxyl groups excluding tert-OH is 1. The lowest BCUT2D eigenvalue weighted by Crippen LogP contribution is -2.52. The molecule has 1 aliphatic rings. The highest BCUT2D eigenvalue weighted by Crippen LogP contribution is 2.34. The van der Waals surface area contributed by atoms with Gasteiger partial charge in [-0.05, 0) is 38.1 Å². The first-order valence-corrected chi connectivity index (χ1v) is 8.66. The summed E-state index contributed by atoms with van der Waals surface area (Å²) in [7, 11) is 5.43. The van der Waals surface area contributed by atoms with Crippen LogP contribution in [0.1, 0.15) is 12.0 Å². The first kappa shape index (κ1) is 17.8. The van der Waals surface area contributed by atoms with E-state index in [2.05, 4.69) is 29.8 Å². The third kappa shape index (κ3) is 3.50. The number of aliphatic hydroxyl groups is 1. The second kappa shape index (κ2) is 7.45. The summed E-state index contributed by atoms with van der Waals surface area (Å²) in [6, 6.07) is 6.34. The van der Waals surface area contributed by atoms with Crippen LogP contribution < -0.4 is 14.4 Å². The topological polar surface area (TPSA) is 58.1 Å². The van der Waals surface area contributed by atoms with Crippen LogP contribution in [0.15, 0.2) is 18.2 Å². The first-order valence-electron chi connectivity index (χ1n) is 8.66. The number of anilines is 1. The molecule has 1 unspecified atom stereocenters. The highest BCUT2D eigenvalue weighted by molar-refractivity contribution is 5.90. The van der Waals surface area contributed by atoms with E-state index in [0.29, 0.717) is 6.04 Å². The van der Waals surface area contributed by atoms with Crippen molar-refractivity contribution in [1.82, 2.24) is 9.88 Å². The zero-order chi connectivity index (χ0) is 18.0. The largest absolute Gasteiger partial charge is 0.497 e. The number of benzene rings is 1. The molecular weight excluding hydrogens is 318 g/mol. The Morgan fingerprint density at radius 2 is 2.00 bits per heavy atom. The van der Waals surface area contributed by atoms with Gasteiger partial charge in [-0.25, -0.2) is 4.98 Å². The van der Waals surface area contributed by atoms with Crippen molar-refractivity contribution >= 4 is 16.7 Å². The maximum absolute atomic E-state index is 9.31. The Labute approximate surface area is 149 Å². The highest BCUT2D eigenvalue weighted by Gasteiger charge is 2.25. The van der Waals surface area contributed by atoms with Crippen molar-refractivity contribution in [2.75, 3.05) is 52.4 Å². The molecule has 2 aromatic rings. The van der Waals surface area contributed by atoms with Crippen LogP contribution in [0.5, 0.6) is 11.5 Å². The van der Waals surface area contributed by atoms with E-state index >= 15 is 0 Å². The molecule has 1 atom stereocenters. The lowest BCUT2D eigenvalue weighted by molar-refractivity contribution is 0.170. The van der Waals surface area contributed by atoms with Crippen LogP contribution in [0.4, 0.5) is 5.82 Å². The van der Waals surface area contributed by atoms with Gasteiger partial charge in [0, 0.05) is 43.7 Å². The fraction of sp³-hybridized carbons (Fsp3) is 0.526. The van der Waals surface area contributed by atoms with E-state index in [4.69, 9.17) is 14.5 Å². The summed E-state index contributed by atoms with van der Waals surface area (Å²) in [5.74, 6) is 2.45. The van der Waals surface area contributed by atoms with E-state index in [1.807, 2.05) is 12.1 Å². The van der Waals surface area contributed by atoms with E-state index in [1.54, 1.807) is 14.2 Å². The maximum atomic E-state index is 9.31. The monoisotopic (exact) mass is 345 g/mol. The summed E-state index contributed by atoms with van der Waals surface area (Å²) < 4.78 is 10.9. The lowest BCUT2D eigenvalue weighted by atomic mass is 10.1. The smallest absolute Gasteiger partial charge is 0.148 e. The van der Waals surface area contributed by atoms with Crippen molar-refractivity contribution in [3.8, 4) is 11.5 Å². The van der Waals surface area contributed by atoms with Crippen LogP contribution in [0.25, 0.3) is 10.9 Å². The Morgan fingerprint density at radius 1 is 1.20 bits per heavy atom. The van der Waals surface area contributed by atoms with E-state index in [0.717, 1.165) is 59.8 Å². The number of hydrogen-bond donors (Lipinski definition) is 1. The molecule has 25 heavy (non-hydrogen) atoms. The van der Waals surface area contributed by atoms with E-state index < -0.39 is 0 Å². The standard InChI is InChI=1S/C19H27N3O3/c1-13-9-18(22-7-6-21(2)14(12-22)5-8-23)20-19-16(13)10-15(24-3)11-17(19)25-4/h9-11,14,23H,5-8,12H2,1-4H3. The summed E-state index contributed by atoms with van der Waals surface area (Å²) in [4.78, 5) is 9.50. The Kier molecular flexibility index (Phi) is 5.30. The molecule has 1 aromatic heterocycles. The molecule has 1 N–H and O–H groups in total. The number of aromatic nitrogens is 1. The van der Waals surface area contributed by atoms with Gasteiger partial charge >= 0.3 is 0 Å². The van der Waals surface area contributed by atoms with Crippen LogP contribution in [0.3, 0.4) is 0 Å². The van der Waals surface area contributed by atoms with Gasteiger partial charge in [0.15, 0.2) is 0 Å². The minimum absolute atomic E-state index is 0.209. The van der Waals surface area contributed by atoms with Gasteiger partial charge in [0.25, 0.3) is 0 Å². The minimum Gasteiger partial charge on any atom is -0.497 e. The molecule has 2 heterocycles. The van der Waals surface area contributed by atoms with Crippen molar-refractivity contribution in [2.24, 2.45) is 0 Å². The Hall–Kier alpha value is -2.05. The molecule has 1 aliphatic heterocycles. The van der Waals surface area contributed by atoms with E-state index in [1.165, 1.54) is 0 Å². The molecule has 3 rings (SSSR count). The number of piperazine rings is 1. The predicted octanol–water partition coefficient (Wildman–Crippen LogP) is 2.06. The number of aryl methyl sites for hydroxylation is 1. The van der Waals surface area contributed by atoms with Crippen molar-refractivity contribution < 1.29 is 14.6 Å². The molecule has 1 aromatic carbocycles. The molecule has 0 spiro atoms. The minimum atomic E-state index is 0.209. The highest BCUT2D eigenvalue weighted by atomic mass is 16.5. The molecule has 6 nitrogen and oxygen atoms in total. The van der Waals surface area contributed by atoms with Gasteiger partial charge in [0.2, 0.25) is 0 Å². The number of fused-ring (bicyclic) bond motifs is 1. The van der Waals surface area contributed by atoms with Crippen LogP contribution in [-0.2, 0) is 0 Å². The van der Waals surface area contributed by atoms with Gasteiger partial charge in [-0.2, -0.15) is 0 Å². The van der Waals surface area contributed by atoms with Crippen LogP contribution >= 0.6 is 0 Å². The SMILES string of the molecule is COc1cc(OC)c2nc(N3CCN(C)C(CCO)C3)cc(C)c2c1. The molecule has 0 radical (unpaired) electrons. The van der Waals surface area contributed by atoms with Crippen molar-refractivity contribution in [1.29, 1.82) is 0 Å². The number of pyridine rings is 1. The van der Waals surface area contributed by atoms with Crippen LogP contribution in [-0.4, -0.2) is 68.5 Å². The van der Waals surface area contributed by atoms with Gasteiger partial charge in [-0.1, -0.05) is 0 Å². The zero-order valence-corrected chi connectivity index (χ0v) is 15.5. The van der Waals surface area contributed by atoms with Crippen LogP contribution in [0, 0.1) is 6.92 Å². The zero-order valence-electron chi connectivity index (χ0n) is 15.5. The Bertz CT molecular complexity index is 750. The molecule has 0 saturated carbocycles. The number of methoxy groups -OCH3 is 2. The van der Waals surface area contributed by atoms with Gasteiger partial charge < -0.3 is 19.5 Å². The van der Waals surface area contributed by atoms with Crippen molar-refractivity contribution in [2.45, 2.75) is 19.4 Å². The second-order valence-corrected chi connectivity index (χ2v) is 6.62. The van der Waals surface area contributed by atoms with Crippen molar-refractivity contribution in [3.05, 3.63) is 23.8 Å². The number of likely N-dealkylation sites (N-methyl/N-ethyl adjacent to an activating group) is 1. The number of rotatable bonds is 5. The van der Waals surface area contributed by atoms with Gasteiger partial charge in [-0.3, -0.25) is 4.90 Å². The normalized spacial score (nSPS) is 18.6. The third-order valence-corrected chi connectivity index (χ3v) is 5.06. The molecular formula is C19H27N3O3. The second-order valence-electron chi connectivity index (χ2n) is 6.62. The maximum Gasteiger partial charge on any atom is 0.148 e. The number of nitrogens with zero attached hydrogens (tertiary/aromatic N) is 3.